The largest absolute Gasteiger partial charge is 0.342 e. The third-order valence-corrected chi connectivity index (χ3v) is 4.52. The lowest BCUT2D eigenvalue weighted by atomic mass is 10.1. The highest BCUT2D eigenvalue weighted by molar-refractivity contribution is 6.31. The molecule has 3 rings (SSSR count). The number of nitrogens with one attached hydrogen (secondary N) is 1. The molecule has 128 valence electrons. The van der Waals surface area contributed by atoms with E-state index in [1.54, 1.807) is 42.3 Å². The highest BCUT2D eigenvalue weighted by atomic mass is 35.5. The van der Waals surface area contributed by atoms with E-state index >= 15 is 0 Å². The molecule has 0 aliphatic carbocycles. The Kier molecular flexibility index (Phi) is 4.86. The van der Waals surface area contributed by atoms with Crippen molar-refractivity contribution in [2.75, 3.05) is 7.05 Å². The molecule has 1 aromatic heterocycles. The number of hydrogen-bond donors (Lipinski definition) is 1. The Morgan fingerprint density at radius 1 is 1.32 bits per heavy atom. The van der Waals surface area contributed by atoms with Gasteiger partial charge in [0.15, 0.2) is 6.29 Å². The number of nitrogens with zero attached hydrogens (tertiary/aromatic N) is 2. The van der Waals surface area contributed by atoms with Crippen molar-refractivity contribution in [3.8, 4) is 0 Å². The fraction of sp³-hybridized carbons (Fsp3) is 0.211. The number of H-pyrrole nitrogens is 1. The maximum Gasteiger partial charge on any atom is 0.254 e. The second-order valence-corrected chi connectivity index (χ2v) is 6.46. The Labute approximate surface area is 150 Å². The first-order valence-corrected chi connectivity index (χ1v) is 8.33. The van der Waals surface area contributed by atoms with Crippen molar-refractivity contribution >= 4 is 34.8 Å². The molecule has 0 aliphatic heterocycles. The normalized spacial score (nSPS) is 12.1. The highest BCUT2D eigenvalue weighted by Crippen LogP contribution is 2.19. The predicted molar refractivity (Wildman–Crippen MR) is 98.2 cm³/mol. The Hall–Kier alpha value is -2.66. The van der Waals surface area contributed by atoms with Crippen LogP contribution in [0.3, 0.4) is 0 Å². The first kappa shape index (κ1) is 17.2. The van der Waals surface area contributed by atoms with E-state index in [4.69, 9.17) is 11.6 Å². The van der Waals surface area contributed by atoms with Crippen molar-refractivity contribution in [3.05, 3.63) is 64.4 Å². The summed E-state index contributed by atoms with van der Waals surface area (Å²) in [7, 11) is 1.73. The number of aromatic amines is 1. The number of benzene rings is 2. The van der Waals surface area contributed by atoms with E-state index in [-0.39, 0.29) is 11.9 Å². The summed E-state index contributed by atoms with van der Waals surface area (Å²) in [5, 5.41) is 0.647. The third kappa shape index (κ3) is 3.56. The molecule has 0 radical (unpaired) electrons. The summed E-state index contributed by atoms with van der Waals surface area (Å²) < 4.78 is 0. The zero-order chi connectivity index (χ0) is 18.0. The van der Waals surface area contributed by atoms with Crippen LogP contribution in [0.25, 0.3) is 11.0 Å². The fourth-order valence-corrected chi connectivity index (χ4v) is 2.90. The van der Waals surface area contributed by atoms with Crippen LogP contribution < -0.4 is 0 Å². The number of likely N-dealkylation sites (N-methyl/N-ethyl adjacent to an activating group) is 1. The molecule has 5 nitrogen and oxygen atoms in total. The summed E-state index contributed by atoms with van der Waals surface area (Å²) in [4.78, 5) is 33.2. The number of carbonyl (C=O) groups excluding carboxylic acids is 2. The molecule has 0 spiro atoms. The molecule has 0 saturated carbocycles. The van der Waals surface area contributed by atoms with Gasteiger partial charge in [-0.2, -0.15) is 0 Å². The molecule has 1 atom stereocenters. The molecule has 1 amide bonds. The number of hydrogen-bond acceptors (Lipinski definition) is 3. The molecule has 0 saturated heterocycles. The van der Waals surface area contributed by atoms with Gasteiger partial charge in [-0.25, -0.2) is 4.98 Å². The summed E-state index contributed by atoms with van der Waals surface area (Å²) in [6.07, 6.45) is 1.27. The van der Waals surface area contributed by atoms with Crippen LogP contribution in [0.1, 0.15) is 33.5 Å². The van der Waals surface area contributed by atoms with Crippen LogP contribution in [0.5, 0.6) is 0 Å². The second kappa shape index (κ2) is 7.07. The standard InChI is InChI=1S/C19H18ClN3O2/c1-12(9-18-21-16-8-7-14(20)10-17(16)22-18)23(2)19(25)15-6-4-3-5-13(15)11-24/h3-8,10-12H,9H2,1-2H3,(H,21,22). The molecule has 1 heterocycles. The molecule has 0 aliphatic rings. The number of carbonyl (C=O) groups is 2. The van der Waals surface area contributed by atoms with Gasteiger partial charge in [0, 0.05) is 30.1 Å². The van der Waals surface area contributed by atoms with E-state index < -0.39 is 0 Å². The van der Waals surface area contributed by atoms with Crippen molar-refractivity contribution in [2.24, 2.45) is 0 Å². The summed E-state index contributed by atoms with van der Waals surface area (Å²) in [6, 6.07) is 12.2. The molecular weight excluding hydrogens is 338 g/mol. The van der Waals surface area contributed by atoms with E-state index in [1.165, 1.54) is 0 Å². The zero-order valence-electron chi connectivity index (χ0n) is 14.0. The molecule has 2 aromatic carbocycles. The minimum atomic E-state index is -0.186. The third-order valence-electron chi connectivity index (χ3n) is 4.28. The van der Waals surface area contributed by atoms with Crippen LogP contribution in [-0.2, 0) is 6.42 Å². The van der Waals surface area contributed by atoms with Gasteiger partial charge in [-0.05, 0) is 31.2 Å². The van der Waals surface area contributed by atoms with Crippen LogP contribution in [-0.4, -0.2) is 40.2 Å². The van der Waals surface area contributed by atoms with Crippen LogP contribution in [0.15, 0.2) is 42.5 Å². The van der Waals surface area contributed by atoms with E-state index in [0.717, 1.165) is 16.9 Å². The summed E-state index contributed by atoms with van der Waals surface area (Å²) >= 11 is 5.99. The molecule has 0 fully saturated rings. The molecule has 6 heteroatoms. The lowest BCUT2D eigenvalue weighted by Crippen LogP contribution is -2.37. The van der Waals surface area contributed by atoms with Crippen molar-refractivity contribution in [3.63, 3.8) is 0 Å². The van der Waals surface area contributed by atoms with Gasteiger partial charge in [-0.1, -0.05) is 29.8 Å². The Morgan fingerprint density at radius 3 is 2.84 bits per heavy atom. The Bertz CT molecular complexity index is 935. The fourth-order valence-electron chi connectivity index (χ4n) is 2.73. The van der Waals surface area contributed by atoms with Crippen molar-refractivity contribution in [2.45, 2.75) is 19.4 Å². The highest BCUT2D eigenvalue weighted by Gasteiger charge is 2.21. The number of imidazole rings is 1. The average molecular weight is 356 g/mol. The Balaban J connectivity index is 1.78. The van der Waals surface area contributed by atoms with Crippen molar-refractivity contribution in [1.29, 1.82) is 0 Å². The van der Waals surface area contributed by atoms with Gasteiger partial charge >= 0.3 is 0 Å². The summed E-state index contributed by atoms with van der Waals surface area (Å²) in [5.74, 6) is 0.599. The van der Waals surface area contributed by atoms with Crippen molar-refractivity contribution in [1.82, 2.24) is 14.9 Å². The SMILES string of the molecule is CC(Cc1nc2ccc(Cl)cc2[nH]1)N(C)C(=O)c1ccccc1C=O. The smallest absolute Gasteiger partial charge is 0.254 e. The maximum absolute atomic E-state index is 12.7. The molecule has 1 N–H and O–H groups in total. The molecular formula is C19H18ClN3O2. The topological polar surface area (TPSA) is 66.1 Å². The lowest BCUT2D eigenvalue weighted by molar-refractivity contribution is 0.0739. The number of halogens is 1. The van der Waals surface area contributed by atoms with Crippen LogP contribution in [0, 0.1) is 0 Å². The first-order valence-electron chi connectivity index (χ1n) is 7.95. The summed E-state index contributed by atoms with van der Waals surface area (Å²) in [6.45, 7) is 1.95. The van der Waals surface area contributed by atoms with Crippen molar-refractivity contribution < 1.29 is 9.59 Å². The average Bonchev–Trinajstić information content (AvgIpc) is 3.01. The zero-order valence-corrected chi connectivity index (χ0v) is 14.7. The second-order valence-electron chi connectivity index (χ2n) is 6.02. The van der Waals surface area contributed by atoms with Gasteiger partial charge in [0.2, 0.25) is 0 Å². The van der Waals surface area contributed by atoms with Crippen LogP contribution >= 0.6 is 11.6 Å². The van der Waals surface area contributed by atoms with Gasteiger partial charge in [0.05, 0.1) is 16.6 Å². The first-order chi connectivity index (χ1) is 12.0. The van der Waals surface area contributed by atoms with Gasteiger partial charge in [-0.15, -0.1) is 0 Å². The molecule has 1 unspecified atom stereocenters. The van der Waals surface area contributed by atoms with E-state index in [1.807, 2.05) is 19.1 Å². The number of amides is 1. The van der Waals surface area contributed by atoms with Crippen LogP contribution in [0.2, 0.25) is 5.02 Å². The van der Waals surface area contributed by atoms with Gasteiger partial charge in [0.25, 0.3) is 5.91 Å². The van der Waals surface area contributed by atoms with E-state index in [9.17, 15) is 9.59 Å². The number of rotatable bonds is 5. The minimum absolute atomic E-state index is 0.0942. The van der Waals surface area contributed by atoms with E-state index in [2.05, 4.69) is 9.97 Å². The Morgan fingerprint density at radius 2 is 2.08 bits per heavy atom. The lowest BCUT2D eigenvalue weighted by Gasteiger charge is -2.25. The summed E-state index contributed by atoms with van der Waals surface area (Å²) in [5.41, 5.74) is 2.51. The molecule has 0 bridgehead atoms. The molecule has 25 heavy (non-hydrogen) atoms. The number of fused-ring (bicyclic) bond motifs is 1. The molecule has 3 aromatic rings. The van der Waals surface area contributed by atoms with Gasteiger partial charge < -0.3 is 9.88 Å². The number of aldehydes is 1. The maximum atomic E-state index is 12.7. The van der Waals surface area contributed by atoms with Crippen LogP contribution in [0.4, 0.5) is 0 Å². The van der Waals surface area contributed by atoms with Gasteiger partial charge in [0.1, 0.15) is 5.82 Å². The quantitative estimate of drug-likeness (QED) is 0.709. The number of aromatic nitrogens is 2. The van der Waals surface area contributed by atoms with E-state index in [0.29, 0.717) is 28.9 Å². The van der Waals surface area contributed by atoms with Gasteiger partial charge in [-0.3, -0.25) is 9.59 Å². The monoisotopic (exact) mass is 355 g/mol. The minimum Gasteiger partial charge on any atom is -0.342 e. The predicted octanol–water partition coefficient (Wildman–Crippen LogP) is 3.73.